The molecule has 1 saturated carbocycles. The van der Waals surface area contributed by atoms with Gasteiger partial charge in [0.05, 0.1) is 3.58 Å². The molecule has 1 atom stereocenters. The van der Waals surface area contributed by atoms with Crippen LogP contribution in [0.15, 0.2) is 9.15 Å². The first kappa shape index (κ1) is 10.7. The Kier molecular flexibility index (Phi) is 3.30. The van der Waals surface area contributed by atoms with Crippen molar-refractivity contribution in [3.63, 3.8) is 0 Å². The predicted octanol–water partition coefficient (Wildman–Crippen LogP) is 3.86. The van der Waals surface area contributed by atoms with Crippen molar-refractivity contribution in [1.29, 1.82) is 0 Å². The van der Waals surface area contributed by atoms with Crippen LogP contribution in [0.25, 0.3) is 0 Å². The number of hydrogen-bond acceptors (Lipinski definition) is 1. The van der Waals surface area contributed by atoms with Gasteiger partial charge in [-0.15, -0.1) is 0 Å². The van der Waals surface area contributed by atoms with Crippen molar-refractivity contribution >= 4 is 28.4 Å². The molecule has 0 aromatic heterocycles. The van der Waals surface area contributed by atoms with Crippen LogP contribution in [-0.4, -0.2) is 5.78 Å². The van der Waals surface area contributed by atoms with Gasteiger partial charge in [0.15, 0.2) is 5.78 Å². The molecule has 14 heavy (non-hydrogen) atoms. The zero-order valence-corrected chi connectivity index (χ0v) is 10.8. The number of Topliss-reactive ketones (excluding diaryl/α,β-unsaturated/α-hetero) is 1. The molecular formula is C12H17IO. The predicted molar refractivity (Wildman–Crippen MR) is 66.4 cm³/mol. The maximum Gasteiger partial charge on any atom is 0.169 e. The third-order valence-corrected chi connectivity index (χ3v) is 5.22. The lowest BCUT2D eigenvalue weighted by Gasteiger charge is -2.27. The molecule has 2 aliphatic rings. The highest BCUT2D eigenvalue weighted by Crippen LogP contribution is 2.42. The summed E-state index contributed by atoms with van der Waals surface area (Å²) in [5.74, 6) is 1.79. The molecule has 0 aromatic carbocycles. The maximum atomic E-state index is 11.6. The topological polar surface area (TPSA) is 17.1 Å². The van der Waals surface area contributed by atoms with Gasteiger partial charge in [-0.3, -0.25) is 4.79 Å². The summed E-state index contributed by atoms with van der Waals surface area (Å²) in [6, 6.07) is 0. The molecule has 2 aliphatic carbocycles. The summed E-state index contributed by atoms with van der Waals surface area (Å²) in [5, 5.41) is 0. The lowest BCUT2D eigenvalue weighted by molar-refractivity contribution is -0.114. The highest BCUT2D eigenvalue weighted by Gasteiger charge is 2.34. The molecule has 0 bridgehead atoms. The number of carbonyl (C=O) groups excluding carboxylic acids is 1. The summed E-state index contributed by atoms with van der Waals surface area (Å²) in [6.07, 6.45) is 7.64. The number of carbonyl (C=O) groups is 1. The van der Waals surface area contributed by atoms with Crippen LogP contribution in [0, 0.1) is 11.8 Å². The summed E-state index contributed by atoms with van der Waals surface area (Å²) in [7, 11) is 0. The fourth-order valence-electron chi connectivity index (χ4n) is 2.88. The van der Waals surface area contributed by atoms with E-state index in [1.165, 1.54) is 37.7 Å². The number of hydrogen-bond donors (Lipinski definition) is 0. The second-order valence-electron chi connectivity index (χ2n) is 4.63. The van der Waals surface area contributed by atoms with Gasteiger partial charge in [0.25, 0.3) is 0 Å². The van der Waals surface area contributed by atoms with E-state index in [1.54, 1.807) is 0 Å². The Labute approximate surface area is 99.5 Å². The maximum absolute atomic E-state index is 11.6. The van der Waals surface area contributed by atoms with Crippen LogP contribution in [0.4, 0.5) is 0 Å². The molecule has 78 valence electrons. The van der Waals surface area contributed by atoms with Crippen LogP contribution in [0.1, 0.15) is 45.4 Å². The van der Waals surface area contributed by atoms with E-state index in [4.69, 9.17) is 0 Å². The van der Waals surface area contributed by atoms with Crippen LogP contribution in [-0.2, 0) is 4.79 Å². The van der Waals surface area contributed by atoms with Crippen molar-refractivity contribution in [2.45, 2.75) is 45.4 Å². The van der Waals surface area contributed by atoms with Crippen molar-refractivity contribution in [1.82, 2.24) is 0 Å². The van der Waals surface area contributed by atoms with E-state index in [9.17, 15) is 4.79 Å². The Morgan fingerprint density at radius 2 is 1.86 bits per heavy atom. The van der Waals surface area contributed by atoms with Crippen molar-refractivity contribution in [2.75, 3.05) is 0 Å². The first-order valence-electron chi connectivity index (χ1n) is 5.59. The summed E-state index contributed by atoms with van der Waals surface area (Å²) < 4.78 is 1.03. The minimum atomic E-state index is 0.388. The molecule has 0 radical (unpaired) electrons. The Morgan fingerprint density at radius 3 is 2.36 bits per heavy atom. The van der Waals surface area contributed by atoms with Crippen LogP contribution in [0.2, 0.25) is 0 Å². The molecule has 1 nitrogen and oxygen atoms in total. The number of allylic oxidation sites excluding steroid dienone is 2. The number of rotatable bonds is 1. The van der Waals surface area contributed by atoms with E-state index >= 15 is 0 Å². The molecule has 0 saturated heterocycles. The number of ketones is 1. The molecule has 0 heterocycles. The quantitative estimate of drug-likeness (QED) is 0.672. The fourth-order valence-corrected chi connectivity index (χ4v) is 3.50. The standard InChI is InChI=1S/C12H17IO/c1-8-10(7-11(14)12(8)13)9-5-3-2-4-6-9/h9-10H,2-7H2,1H3/t10-/m0/s1. The second-order valence-corrected chi connectivity index (χ2v) is 5.71. The molecule has 2 heteroatoms. The van der Waals surface area contributed by atoms with Gasteiger partial charge in [0, 0.05) is 6.42 Å². The minimum Gasteiger partial charge on any atom is -0.294 e. The summed E-state index contributed by atoms with van der Waals surface area (Å²) in [6.45, 7) is 2.16. The van der Waals surface area contributed by atoms with Gasteiger partial charge in [-0.1, -0.05) is 24.8 Å². The van der Waals surface area contributed by atoms with Gasteiger partial charge in [-0.05, 0) is 54.2 Å². The molecule has 1 fully saturated rings. The lowest BCUT2D eigenvalue weighted by Crippen LogP contribution is -2.17. The third kappa shape index (κ3) is 1.90. The van der Waals surface area contributed by atoms with Gasteiger partial charge < -0.3 is 0 Å². The Hall–Kier alpha value is 0.140. The van der Waals surface area contributed by atoms with E-state index in [0.29, 0.717) is 11.7 Å². The largest absolute Gasteiger partial charge is 0.294 e. The average Bonchev–Trinajstić information content (AvgIpc) is 2.47. The first-order chi connectivity index (χ1) is 6.70. The van der Waals surface area contributed by atoms with Gasteiger partial charge >= 0.3 is 0 Å². The van der Waals surface area contributed by atoms with Crippen molar-refractivity contribution in [2.24, 2.45) is 11.8 Å². The van der Waals surface area contributed by atoms with Crippen molar-refractivity contribution < 1.29 is 4.79 Å². The molecule has 0 spiro atoms. The van der Waals surface area contributed by atoms with Gasteiger partial charge in [0.2, 0.25) is 0 Å². The van der Waals surface area contributed by atoms with Crippen molar-refractivity contribution in [3.8, 4) is 0 Å². The Bertz CT molecular complexity index is 274. The monoisotopic (exact) mass is 304 g/mol. The summed E-state index contributed by atoms with van der Waals surface area (Å²) in [4.78, 5) is 11.6. The SMILES string of the molecule is CC1=C(I)C(=O)C[C@@H]1C1CCCCC1. The van der Waals surface area contributed by atoms with Crippen LogP contribution >= 0.6 is 22.6 Å². The third-order valence-electron chi connectivity index (χ3n) is 3.77. The second kappa shape index (κ2) is 4.33. The smallest absolute Gasteiger partial charge is 0.169 e. The molecular weight excluding hydrogens is 287 g/mol. The first-order valence-corrected chi connectivity index (χ1v) is 6.67. The number of halogens is 1. The Morgan fingerprint density at radius 1 is 1.21 bits per heavy atom. The van der Waals surface area contributed by atoms with E-state index in [2.05, 4.69) is 29.5 Å². The van der Waals surface area contributed by atoms with E-state index in [0.717, 1.165) is 15.9 Å². The van der Waals surface area contributed by atoms with Crippen LogP contribution < -0.4 is 0 Å². The lowest BCUT2D eigenvalue weighted by atomic mass is 9.77. The summed E-state index contributed by atoms with van der Waals surface area (Å²) in [5.41, 5.74) is 1.38. The van der Waals surface area contributed by atoms with E-state index in [-0.39, 0.29) is 0 Å². The molecule has 0 N–H and O–H groups in total. The highest BCUT2D eigenvalue weighted by atomic mass is 127. The van der Waals surface area contributed by atoms with Crippen LogP contribution in [0.3, 0.4) is 0 Å². The van der Waals surface area contributed by atoms with E-state index < -0.39 is 0 Å². The van der Waals surface area contributed by atoms with Crippen LogP contribution in [0.5, 0.6) is 0 Å². The molecule has 0 amide bonds. The summed E-state index contributed by atoms with van der Waals surface area (Å²) >= 11 is 2.23. The zero-order chi connectivity index (χ0) is 10.1. The average molecular weight is 304 g/mol. The minimum absolute atomic E-state index is 0.388. The molecule has 0 unspecified atom stereocenters. The highest BCUT2D eigenvalue weighted by molar-refractivity contribution is 14.1. The molecule has 0 aromatic rings. The van der Waals surface area contributed by atoms with Gasteiger partial charge in [-0.25, -0.2) is 0 Å². The zero-order valence-electron chi connectivity index (χ0n) is 8.68. The van der Waals surface area contributed by atoms with Gasteiger partial charge in [0.1, 0.15) is 0 Å². The Balaban J connectivity index is 2.09. The molecule has 0 aliphatic heterocycles. The van der Waals surface area contributed by atoms with Crippen molar-refractivity contribution in [3.05, 3.63) is 9.15 Å². The normalized spacial score (nSPS) is 30.1. The van der Waals surface area contributed by atoms with Gasteiger partial charge in [-0.2, -0.15) is 0 Å². The molecule has 2 rings (SSSR count). The fraction of sp³-hybridized carbons (Fsp3) is 0.750. The van der Waals surface area contributed by atoms with E-state index in [1.807, 2.05) is 0 Å².